The van der Waals surface area contributed by atoms with Gasteiger partial charge in [-0.1, -0.05) is 43.9 Å². The van der Waals surface area contributed by atoms with Crippen LogP contribution in [0.15, 0.2) is 29.2 Å². The molecule has 1 aromatic rings. The fourth-order valence-electron chi connectivity index (χ4n) is 2.08. The molecule has 1 atom stereocenters. The van der Waals surface area contributed by atoms with E-state index in [4.69, 9.17) is 4.74 Å². The van der Waals surface area contributed by atoms with E-state index in [1.807, 2.05) is 13.8 Å². The highest BCUT2D eigenvalue weighted by Gasteiger charge is 2.29. The summed E-state index contributed by atoms with van der Waals surface area (Å²) in [6.45, 7) is 5.83. The Hall–Kier alpha value is -1.56. The van der Waals surface area contributed by atoms with Crippen molar-refractivity contribution in [2.45, 2.75) is 56.7 Å². The number of rotatable bonds is 8. The van der Waals surface area contributed by atoms with Crippen LogP contribution in [0.4, 0.5) is 4.79 Å². The van der Waals surface area contributed by atoms with E-state index in [0.717, 1.165) is 24.8 Å². The summed E-state index contributed by atoms with van der Waals surface area (Å²) in [6, 6.07) is 6.65. The highest BCUT2D eigenvalue weighted by atomic mass is 32.2. The maximum absolute atomic E-state index is 12.7. The van der Waals surface area contributed by atoms with Crippen molar-refractivity contribution in [1.82, 2.24) is 5.32 Å². The first-order chi connectivity index (χ1) is 10.4. The third-order valence-electron chi connectivity index (χ3n) is 3.35. The summed E-state index contributed by atoms with van der Waals surface area (Å²) in [5, 5.41) is 1.52. The number of carbonyl (C=O) groups excluding carboxylic acids is 1. The van der Waals surface area contributed by atoms with E-state index in [1.54, 1.807) is 31.2 Å². The van der Waals surface area contributed by atoms with Crippen LogP contribution in [0.3, 0.4) is 0 Å². The summed E-state index contributed by atoms with van der Waals surface area (Å²) in [5.41, 5.74) is 0.986. The second-order valence-corrected chi connectivity index (χ2v) is 7.34. The number of alkyl carbamates (subject to hydrolysis) is 1. The van der Waals surface area contributed by atoms with Crippen molar-refractivity contribution in [3.63, 3.8) is 0 Å². The Balaban J connectivity index is 2.96. The molecule has 0 aliphatic rings. The van der Waals surface area contributed by atoms with Gasteiger partial charge >= 0.3 is 6.09 Å². The molecule has 0 saturated heterocycles. The molecule has 1 N–H and O–H groups in total. The molecule has 0 aromatic heterocycles. The fraction of sp³-hybridized carbons (Fsp3) is 0.562. The molecule has 1 rings (SSSR count). The third kappa shape index (κ3) is 5.33. The zero-order valence-electron chi connectivity index (χ0n) is 13.5. The van der Waals surface area contributed by atoms with E-state index in [0.29, 0.717) is 6.42 Å². The number of benzene rings is 1. The van der Waals surface area contributed by atoms with Crippen molar-refractivity contribution in [2.24, 2.45) is 0 Å². The second-order valence-electron chi connectivity index (χ2n) is 5.21. The minimum atomic E-state index is -3.62. The van der Waals surface area contributed by atoms with Gasteiger partial charge in [0.15, 0.2) is 9.84 Å². The third-order valence-corrected chi connectivity index (χ3v) is 5.38. The minimum Gasteiger partial charge on any atom is -0.450 e. The van der Waals surface area contributed by atoms with Gasteiger partial charge < -0.3 is 10.1 Å². The molecule has 5 nitrogen and oxygen atoms in total. The topological polar surface area (TPSA) is 72.5 Å². The van der Waals surface area contributed by atoms with E-state index in [2.05, 4.69) is 5.32 Å². The van der Waals surface area contributed by atoms with Crippen LogP contribution in [-0.4, -0.2) is 26.5 Å². The first-order valence-corrected chi connectivity index (χ1v) is 9.20. The van der Waals surface area contributed by atoms with Crippen molar-refractivity contribution >= 4 is 15.9 Å². The van der Waals surface area contributed by atoms with Crippen LogP contribution < -0.4 is 5.32 Å². The van der Waals surface area contributed by atoms with Crippen molar-refractivity contribution in [2.75, 3.05) is 6.61 Å². The number of hydrogen-bond acceptors (Lipinski definition) is 4. The molecule has 0 bridgehead atoms. The smallest absolute Gasteiger partial charge is 0.408 e. The van der Waals surface area contributed by atoms with Gasteiger partial charge in [-0.3, -0.25) is 0 Å². The summed E-state index contributed by atoms with van der Waals surface area (Å²) < 4.78 is 30.2. The second kappa shape index (κ2) is 8.78. The predicted octanol–water partition coefficient (Wildman–Crippen LogP) is 3.42. The van der Waals surface area contributed by atoms with E-state index in [1.165, 1.54) is 0 Å². The molecule has 0 aliphatic heterocycles. The van der Waals surface area contributed by atoms with E-state index in [9.17, 15) is 13.2 Å². The zero-order chi connectivity index (χ0) is 16.6. The first-order valence-electron chi connectivity index (χ1n) is 7.65. The van der Waals surface area contributed by atoms with Crippen LogP contribution >= 0.6 is 0 Å². The number of unbranched alkanes of at least 4 members (excludes halogenated alkanes) is 2. The van der Waals surface area contributed by atoms with Gasteiger partial charge in [-0.25, -0.2) is 13.2 Å². The lowest BCUT2D eigenvalue weighted by Crippen LogP contribution is -2.41. The highest BCUT2D eigenvalue weighted by Crippen LogP contribution is 2.19. The molecule has 1 unspecified atom stereocenters. The molecule has 0 radical (unpaired) electrons. The number of amides is 1. The van der Waals surface area contributed by atoms with Crippen LogP contribution in [0.25, 0.3) is 0 Å². The molecule has 0 saturated carbocycles. The fourth-order valence-corrected chi connectivity index (χ4v) is 3.65. The Labute approximate surface area is 133 Å². The molecule has 1 amide bonds. The Morgan fingerprint density at radius 3 is 2.36 bits per heavy atom. The number of carbonyl (C=O) groups is 1. The summed E-state index contributed by atoms with van der Waals surface area (Å²) in [7, 11) is -3.62. The summed E-state index contributed by atoms with van der Waals surface area (Å²) in [4.78, 5) is 11.8. The number of hydrogen-bond donors (Lipinski definition) is 1. The largest absolute Gasteiger partial charge is 0.450 e. The van der Waals surface area contributed by atoms with Crippen LogP contribution in [0.2, 0.25) is 0 Å². The van der Waals surface area contributed by atoms with Crippen LogP contribution in [0, 0.1) is 6.92 Å². The Morgan fingerprint density at radius 2 is 1.82 bits per heavy atom. The first kappa shape index (κ1) is 18.5. The maximum atomic E-state index is 12.7. The highest BCUT2D eigenvalue weighted by molar-refractivity contribution is 7.92. The Bertz CT molecular complexity index is 566. The molecule has 0 spiro atoms. The number of aryl methyl sites for hydroxylation is 1. The van der Waals surface area contributed by atoms with Gasteiger partial charge in [0.1, 0.15) is 5.37 Å². The van der Waals surface area contributed by atoms with Gasteiger partial charge in [-0.15, -0.1) is 0 Å². The predicted molar refractivity (Wildman–Crippen MR) is 86.5 cm³/mol. The van der Waals surface area contributed by atoms with Crippen LogP contribution in [0.5, 0.6) is 0 Å². The SMILES string of the molecule is CCCCCC(NC(=O)OCC)S(=O)(=O)c1ccc(C)cc1. The molecule has 6 heteroatoms. The molecular weight excluding hydrogens is 302 g/mol. The molecular formula is C16H25NO4S. The normalized spacial score (nSPS) is 12.7. The van der Waals surface area contributed by atoms with Crippen molar-refractivity contribution in [3.05, 3.63) is 29.8 Å². The lowest BCUT2D eigenvalue weighted by molar-refractivity contribution is 0.150. The standard InChI is InChI=1S/C16H25NO4S/c1-4-6-7-8-15(17-16(18)21-5-2)22(19,20)14-11-9-13(3)10-12-14/h9-12,15H,4-8H2,1-3H3,(H,17,18). The van der Waals surface area contributed by atoms with Gasteiger partial charge in [0.25, 0.3) is 0 Å². The average Bonchev–Trinajstić information content (AvgIpc) is 2.47. The molecule has 124 valence electrons. The van der Waals surface area contributed by atoms with Crippen LogP contribution in [-0.2, 0) is 14.6 Å². The molecule has 0 aliphatic carbocycles. The molecule has 0 heterocycles. The Kier molecular flexibility index (Phi) is 7.38. The quantitative estimate of drug-likeness (QED) is 0.743. The molecule has 0 fully saturated rings. The van der Waals surface area contributed by atoms with Crippen molar-refractivity contribution in [3.8, 4) is 0 Å². The van der Waals surface area contributed by atoms with Gasteiger partial charge in [0.2, 0.25) is 0 Å². The van der Waals surface area contributed by atoms with Gasteiger partial charge in [-0.2, -0.15) is 0 Å². The molecule has 22 heavy (non-hydrogen) atoms. The lowest BCUT2D eigenvalue weighted by Gasteiger charge is -2.19. The van der Waals surface area contributed by atoms with Gasteiger partial charge in [0, 0.05) is 0 Å². The maximum Gasteiger partial charge on any atom is 0.408 e. The monoisotopic (exact) mass is 327 g/mol. The van der Waals surface area contributed by atoms with Gasteiger partial charge in [0.05, 0.1) is 11.5 Å². The number of ether oxygens (including phenoxy) is 1. The van der Waals surface area contributed by atoms with Gasteiger partial charge in [-0.05, 0) is 32.4 Å². The molecule has 1 aromatic carbocycles. The van der Waals surface area contributed by atoms with E-state index >= 15 is 0 Å². The Morgan fingerprint density at radius 1 is 1.18 bits per heavy atom. The van der Waals surface area contributed by atoms with Crippen molar-refractivity contribution in [1.29, 1.82) is 0 Å². The summed E-state index contributed by atoms with van der Waals surface area (Å²) in [5.74, 6) is 0. The zero-order valence-corrected chi connectivity index (χ0v) is 14.3. The summed E-state index contributed by atoms with van der Waals surface area (Å²) in [6.07, 6.45) is 2.32. The van der Waals surface area contributed by atoms with E-state index < -0.39 is 21.3 Å². The number of sulfone groups is 1. The van der Waals surface area contributed by atoms with Crippen LogP contribution in [0.1, 0.15) is 45.1 Å². The lowest BCUT2D eigenvalue weighted by atomic mass is 10.2. The summed E-state index contributed by atoms with van der Waals surface area (Å²) >= 11 is 0. The van der Waals surface area contributed by atoms with Crippen molar-refractivity contribution < 1.29 is 17.9 Å². The minimum absolute atomic E-state index is 0.206. The van der Waals surface area contributed by atoms with E-state index in [-0.39, 0.29) is 11.5 Å². The number of nitrogens with one attached hydrogen (secondary N) is 1. The average molecular weight is 327 g/mol.